The molecule has 2 heterocycles. The van der Waals surface area contributed by atoms with Crippen molar-refractivity contribution in [3.8, 4) is 5.75 Å². The van der Waals surface area contributed by atoms with E-state index in [1.807, 2.05) is 59.0 Å². The van der Waals surface area contributed by atoms with Crippen molar-refractivity contribution in [2.75, 3.05) is 51.0 Å². The van der Waals surface area contributed by atoms with Gasteiger partial charge in [-0.1, -0.05) is 0 Å². The third kappa shape index (κ3) is 7.48. The number of aromatic nitrogens is 2. The molecular weight excluding hydrogens is 432 g/mol. The summed E-state index contributed by atoms with van der Waals surface area (Å²) in [6.07, 6.45) is 2.10. The molecular formula is C25H38N6O3. The number of nitrogens with one attached hydrogen (secondary N) is 2. The minimum atomic E-state index is -0.565. The van der Waals surface area contributed by atoms with Gasteiger partial charge in [0, 0.05) is 43.1 Å². The van der Waals surface area contributed by atoms with E-state index < -0.39 is 5.60 Å². The standard InChI is InChI=1S/C25H38N6O3/c1-18-15-22(26-5)29-23(27-18)28-20-9-10-21(33-6)19(16-20)17-31(24(32)34-25(2,3)4)14-13-30-11-7-8-12-30/h9-10,15-16H,7-8,11-14,17H2,1-6H3,(H2,26,27,28,29). The van der Waals surface area contributed by atoms with Crippen LogP contribution in [-0.4, -0.2) is 71.8 Å². The lowest BCUT2D eigenvalue weighted by molar-refractivity contribution is 0.0218. The Morgan fingerprint density at radius 3 is 2.56 bits per heavy atom. The molecule has 1 amide bonds. The smallest absolute Gasteiger partial charge is 0.410 e. The number of benzene rings is 1. The molecule has 0 bridgehead atoms. The van der Waals surface area contributed by atoms with Crippen LogP contribution in [0.2, 0.25) is 0 Å². The van der Waals surface area contributed by atoms with Gasteiger partial charge in [-0.2, -0.15) is 4.98 Å². The van der Waals surface area contributed by atoms with Gasteiger partial charge in [0.25, 0.3) is 0 Å². The molecule has 1 fully saturated rings. The summed E-state index contributed by atoms with van der Waals surface area (Å²) in [5.41, 5.74) is 1.98. The second kappa shape index (κ2) is 11.4. The van der Waals surface area contributed by atoms with E-state index in [0.717, 1.165) is 42.4 Å². The third-order valence-electron chi connectivity index (χ3n) is 5.54. The Morgan fingerprint density at radius 2 is 1.91 bits per heavy atom. The fourth-order valence-electron chi connectivity index (χ4n) is 3.90. The molecule has 1 saturated heterocycles. The van der Waals surface area contributed by atoms with Gasteiger partial charge < -0.3 is 29.9 Å². The quantitative estimate of drug-likeness (QED) is 0.557. The topological polar surface area (TPSA) is 91.9 Å². The number of ether oxygens (including phenoxy) is 2. The Hall–Kier alpha value is -3.07. The van der Waals surface area contributed by atoms with E-state index in [2.05, 4.69) is 25.5 Å². The number of hydrogen-bond acceptors (Lipinski definition) is 8. The first-order chi connectivity index (χ1) is 16.2. The van der Waals surface area contributed by atoms with Crippen LogP contribution in [0, 0.1) is 6.92 Å². The molecule has 0 atom stereocenters. The first-order valence-electron chi connectivity index (χ1n) is 11.8. The second-order valence-corrected chi connectivity index (χ2v) is 9.57. The molecule has 9 heteroatoms. The van der Waals surface area contributed by atoms with Crippen LogP contribution < -0.4 is 15.4 Å². The molecule has 1 aliphatic heterocycles. The van der Waals surface area contributed by atoms with E-state index >= 15 is 0 Å². The van der Waals surface area contributed by atoms with Gasteiger partial charge in [0.1, 0.15) is 17.2 Å². The summed E-state index contributed by atoms with van der Waals surface area (Å²) < 4.78 is 11.3. The second-order valence-electron chi connectivity index (χ2n) is 9.57. The van der Waals surface area contributed by atoms with E-state index in [9.17, 15) is 4.79 Å². The van der Waals surface area contributed by atoms with Gasteiger partial charge in [0.05, 0.1) is 13.7 Å². The predicted molar refractivity (Wildman–Crippen MR) is 135 cm³/mol. The fourth-order valence-corrected chi connectivity index (χ4v) is 3.90. The molecule has 1 aromatic carbocycles. The SMILES string of the molecule is CNc1cc(C)nc(Nc2ccc(OC)c(CN(CCN3CCCC3)C(=O)OC(C)(C)C)c2)n1. The molecule has 0 unspecified atom stereocenters. The predicted octanol–water partition coefficient (Wildman–Crippen LogP) is 4.41. The summed E-state index contributed by atoms with van der Waals surface area (Å²) in [5.74, 6) is 1.95. The molecule has 1 aliphatic rings. The summed E-state index contributed by atoms with van der Waals surface area (Å²) >= 11 is 0. The Balaban J connectivity index is 1.81. The number of amides is 1. The first kappa shape index (κ1) is 25.6. The molecule has 1 aromatic heterocycles. The van der Waals surface area contributed by atoms with Crippen molar-refractivity contribution in [2.45, 2.75) is 52.7 Å². The van der Waals surface area contributed by atoms with Gasteiger partial charge in [-0.3, -0.25) is 0 Å². The van der Waals surface area contributed by atoms with Gasteiger partial charge in [-0.25, -0.2) is 9.78 Å². The number of hydrogen-bond donors (Lipinski definition) is 2. The molecule has 2 aromatic rings. The van der Waals surface area contributed by atoms with Gasteiger partial charge in [0.15, 0.2) is 0 Å². The maximum atomic E-state index is 13.1. The average molecular weight is 471 g/mol. The number of rotatable bonds is 9. The lowest BCUT2D eigenvalue weighted by Crippen LogP contribution is -2.40. The van der Waals surface area contributed by atoms with Crippen LogP contribution in [0.15, 0.2) is 24.3 Å². The average Bonchev–Trinajstić information content (AvgIpc) is 3.28. The molecule has 0 spiro atoms. The zero-order valence-electron chi connectivity index (χ0n) is 21.3. The van der Waals surface area contributed by atoms with Crippen LogP contribution >= 0.6 is 0 Å². The highest BCUT2D eigenvalue weighted by Gasteiger charge is 2.24. The Bertz CT molecular complexity index is 970. The highest BCUT2D eigenvalue weighted by Crippen LogP contribution is 2.27. The summed E-state index contributed by atoms with van der Waals surface area (Å²) in [7, 11) is 3.46. The number of methoxy groups -OCH3 is 1. The van der Waals surface area contributed by atoms with Crippen molar-refractivity contribution in [1.82, 2.24) is 19.8 Å². The van der Waals surface area contributed by atoms with Crippen LogP contribution in [0.1, 0.15) is 44.9 Å². The van der Waals surface area contributed by atoms with Crippen molar-refractivity contribution in [3.63, 3.8) is 0 Å². The lowest BCUT2D eigenvalue weighted by atomic mass is 10.1. The zero-order chi connectivity index (χ0) is 24.7. The van der Waals surface area contributed by atoms with Gasteiger partial charge >= 0.3 is 6.09 Å². The number of nitrogens with zero attached hydrogens (tertiary/aromatic N) is 4. The molecule has 186 valence electrons. The van der Waals surface area contributed by atoms with Crippen LogP contribution in [-0.2, 0) is 11.3 Å². The van der Waals surface area contributed by atoms with E-state index in [0.29, 0.717) is 24.8 Å². The van der Waals surface area contributed by atoms with E-state index in [1.165, 1.54) is 12.8 Å². The Labute approximate surface area is 202 Å². The molecule has 0 radical (unpaired) electrons. The minimum Gasteiger partial charge on any atom is -0.496 e. The van der Waals surface area contributed by atoms with Crippen LogP contribution in [0.4, 0.5) is 22.2 Å². The van der Waals surface area contributed by atoms with Gasteiger partial charge in [-0.15, -0.1) is 0 Å². The molecule has 0 saturated carbocycles. The van der Waals surface area contributed by atoms with E-state index in [1.54, 1.807) is 12.0 Å². The van der Waals surface area contributed by atoms with Crippen LogP contribution in [0.3, 0.4) is 0 Å². The summed E-state index contributed by atoms with van der Waals surface area (Å²) in [5, 5.41) is 6.31. The monoisotopic (exact) mass is 470 g/mol. The van der Waals surface area contributed by atoms with Gasteiger partial charge in [-0.05, 0) is 71.8 Å². The summed E-state index contributed by atoms with van der Waals surface area (Å²) in [6.45, 7) is 11.5. The molecule has 9 nitrogen and oxygen atoms in total. The van der Waals surface area contributed by atoms with Crippen molar-refractivity contribution >= 4 is 23.5 Å². The Morgan fingerprint density at radius 1 is 1.18 bits per heavy atom. The lowest BCUT2D eigenvalue weighted by Gasteiger charge is -2.29. The maximum Gasteiger partial charge on any atom is 0.410 e. The van der Waals surface area contributed by atoms with E-state index in [-0.39, 0.29) is 6.09 Å². The number of carbonyl (C=O) groups is 1. The van der Waals surface area contributed by atoms with Crippen molar-refractivity contribution < 1.29 is 14.3 Å². The normalized spacial score (nSPS) is 14.1. The molecule has 34 heavy (non-hydrogen) atoms. The van der Waals surface area contributed by atoms with Crippen LogP contribution in [0.25, 0.3) is 0 Å². The highest BCUT2D eigenvalue weighted by atomic mass is 16.6. The Kier molecular flexibility index (Phi) is 8.55. The number of likely N-dealkylation sites (tertiary alicyclic amines) is 1. The van der Waals surface area contributed by atoms with E-state index in [4.69, 9.17) is 9.47 Å². The van der Waals surface area contributed by atoms with Gasteiger partial charge in [0.2, 0.25) is 5.95 Å². The zero-order valence-corrected chi connectivity index (χ0v) is 21.3. The van der Waals surface area contributed by atoms with Crippen molar-refractivity contribution in [3.05, 3.63) is 35.5 Å². The number of aryl methyl sites for hydroxylation is 1. The fraction of sp³-hybridized carbons (Fsp3) is 0.560. The first-order valence-corrected chi connectivity index (χ1v) is 11.8. The van der Waals surface area contributed by atoms with Crippen molar-refractivity contribution in [1.29, 1.82) is 0 Å². The van der Waals surface area contributed by atoms with Crippen molar-refractivity contribution in [2.24, 2.45) is 0 Å². The largest absolute Gasteiger partial charge is 0.496 e. The minimum absolute atomic E-state index is 0.326. The molecule has 0 aliphatic carbocycles. The summed E-state index contributed by atoms with van der Waals surface area (Å²) in [4.78, 5) is 26.1. The number of carbonyl (C=O) groups excluding carboxylic acids is 1. The highest BCUT2D eigenvalue weighted by molar-refractivity contribution is 5.68. The summed E-state index contributed by atoms with van der Waals surface area (Å²) in [6, 6.07) is 7.65. The molecule has 3 rings (SSSR count). The molecule has 2 N–H and O–H groups in total. The van der Waals surface area contributed by atoms with Crippen LogP contribution in [0.5, 0.6) is 5.75 Å². The maximum absolute atomic E-state index is 13.1. The number of anilines is 3. The third-order valence-corrected chi connectivity index (χ3v) is 5.54.